The highest BCUT2D eigenvalue weighted by molar-refractivity contribution is 6.12. The molecule has 0 unspecified atom stereocenters. The number of hydrogen-bond acceptors (Lipinski definition) is 3. The second kappa shape index (κ2) is 7.97. The summed E-state index contributed by atoms with van der Waals surface area (Å²) < 4.78 is 42.0. The van der Waals surface area contributed by atoms with Gasteiger partial charge in [-0.25, -0.2) is 0 Å². The molecule has 0 N–H and O–H groups in total. The highest BCUT2D eigenvalue weighted by atomic mass is 19.4. The van der Waals surface area contributed by atoms with Gasteiger partial charge in [0.1, 0.15) is 0 Å². The van der Waals surface area contributed by atoms with Gasteiger partial charge in [0.05, 0.1) is 11.2 Å². The predicted molar refractivity (Wildman–Crippen MR) is 125 cm³/mol. The van der Waals surface area contributed by atoms with E-state index in [9.17, 15) is 18.0 Å². The van der Waals surface area contributed by atoms with Crippen molar-refractivity contribution >= 4 is 22.5 Å². The van der Waals surface area contributed by atoms with Crippen LogP contribution < -0.4 is 4.90 Å². The molecule has 8 heteroatoms. The monoisotopic (exact) mass is 464 g/mol. The number of halogens is 3. The number of carbonyl (C=O) groups excluding carboxylic acids is 1. The first-order valence-electron chi connectivity index (χ1n) is 11.1. The molecule has 1 aliphatic rings. The first kappa shape index (κ1) is 22.1. The number of hydrogen-bond donors (Lipinski definition) is 0. The van der Waals surface area contributed by atoms with Crippen LogP contribution in [0.15, 0.2) is 48.7 Å². The number of alkyl halides is 3. The van der Waals surface area contributed by atoms with Crippen molar-refractivity contribution in [3.8, 4) is 11.1 Å². The summed E-state index contributed by atoms with van der Waals surface area (Å²) in [5, 5.41) is 4.52. The van der Waals surface area contributed by atoms with Gasteiger partial charge in [0.15, 0.2) is 5.69 Å². The normalized spacial score (nSPS) is 14.1. The van der Waals surface area contributed by atoms with Gasteiger partial charge >= 0.3 is 6.18 Å². The lowest BCUT2D eigenvalue weighted by Crippen LogP contribution is -2.38. The number of aromatic nitrogens is 3. The third-order valence-electron chi connectivity index (χ3n) is 6.38. The first-order valence-corrected chi connectivity index (χ1v) is 11.1. The van der Waals surface area contributed by atoms with Crippen molar-refractivity contribution in [1.29, 1.82) is 0 Å². The quantitative estimate of drug-likeness (QED) is 0.389. The maximum atomic E-state index is 13.6. The van der Waals surface area contributed by atoms with E-state index in [2.05, 4.69) is 18.1 Å². The highest BCUT2D eigenvalue weighted by Gasteiger charge is 2.38. The molecule has 0 saturated heterocycles. The molecule has 5 rings (SSSR count). The number of amides is 1. The van der Waals surface area contributed by atoms with Crippen LogP contribution in [0.5, 0.6) is 0 Å². The van der Waals surface area contributed by atoms with E-state index >= 15 is 0 Å². The lowest BCUT2D eigenvalue weighted by molar-refractivity contribution is -0.140. The Bertz CT molecular complexity index is 1440. The van der Waals surface area contributed by atoms with Crippen molar-refractivity contribution in [3.05, 3.63) is 76.7 Å². The molecule has 3 heterocycles. The fourth-order valence-electron chi connectivity index (χ4n) is 4.82. The van der Waals surface area contributed by atoms with E-state index in [1.807, 2.05) is 25.1 Å². The second-order valence-electron chi connectivity index (χ2n) is 8.55. The Morgan fingerprint density at radius 1 is 1.06 bits per heavy atom. The number of rotatable bonds is 3. The van der Waals surface area contributed by atoms with Crippen LogP contribution in [-0.2, 0) is 26.1 Å². The van der Waals surface area contributed by atoms with E-state index in [1.54, 1.807) is 23.1 Å². The topological polar surface area (TPSA) is 51.0 Å². The molecule has 0 fully saturated rings. The van der Waals surface area contributed by atoms with Crippen LogP contribution in [0.4, 0.5) is 18.9 Å². The minimum Gasteiger partial charge on any atom is -0.307 e. The standard InChI is InChI=1S/C26H23F3N4O/c1-4-21-15(2)13-19-22(30-21)9-6-10-23(19)33-12-11-17-16(7-5-8-18(17)25(33)34)20-14-32(3)31-24(20)26(27,28)29/h5-10,13-14H,4,11-12H2,1-3H3. The molecular weight excluding hydrogens is 441 g/mol. The molecule has 2 aromatic heterocycles. The van der Waals surface area contributed by atoms with E-state index in [1.165, 1.54) is 13.2 Å². The average Bonchev–Trinajstić information content (AvgIpc) is 3.20. The number of aryl methyl sites for hydroxylation is 3. The smallest absolute Gasteiger partial charge is 0.307 e. The summed E-state index contributed by atoms with van der Waals surface area (Å²) in [5.74, 6) is -0.231. The van der Waals surface area contributed by atoms with Gasteiger partial charge in [-0.2, -0.15) is 18.3 Å². The fraction of sp³-hybridized carbons (Fsp3) is 0.269. The molecule has 5 nitrogen and oxygen atoms in total. The third kappa shape index (κ3) is 3.54. The molecule has 0 spiro atoms. The van der Waals surface area contributed by atoms with Crippen LogP contribution in [0.2, 0.25) is 0 Å². The van der Waals surface area contributed by atoms with Gasteiger partial charge in [-0.05, 0) is 60.7 Å². The summed E-state index contributed by atoms with van der Waals surface area (Å²) in [6.45, 7) is 4.42. The van der Waals surface area contributed by atoms with E-state index < -0.39 is 11.9 Å². The van der Waals surface area contributed by atoms with Gasteiger partial charge in [0.25, 0.3) is 5.91 Å². The van der Waals surface area contributed by atoms with E-state index in [4.69, 9.17) is 4.98 Å². The number of carbonyl (C=O) groups is 1. The summed E-state index contributed by atoms with van der Waals surface area (Å²) in [6, 6.07) is 12.7. The maximum absolute atomic E-state index is 13.6. The first-order chi connectivity index (χ1) is 16.2. The van der Waals surface area contributed by atoms with Crippen molar-refractivity contribution in [2.45, 2.75) is 32.9 Å². The number of anilines is 1. The van der Waals surface area contributed by atoms with Gasteiger partial charge in [-0.15, -0.1) is 0 Å². The Labute approximate surface area is 194 Å². The summed E-state index contributed by atoms with van der Waals surface area (Å²) in [4.78, 5) is 20.1. The molecule has 0 radical (unpaired) electrons. The van der Waals surface area contributed by atoms with Crippen LogP contribution >= 0.6 is 0 Å². The number of fused-ring (bicyclic) bond motifs is 2. The van der Waals surface area contributed by atoms with Crippen molar-refractivity contribution in [2.75, 3.05) is 11.4 Å². The molecule has 1 amide bonds. The Morgan fingerprint density at radius 3 is 2.53 bits per heavy atom. The van der Waals surface area contributed by atoms with Gasteiger partial charge in [-0.1, -0.05) is 25.1 Å². The molecule has 1 aliphatic heterocycles. The van der Waals surface area contributed by atoms with E-state index in [0.29, 0.717) is 29.7 Å². The van der Waals surface area contributed by atoms with Crippen molar-refractivity contribution in [1.82, 2.24) is 14.8 Å². The Morgan fingerprint density at radius 2 is 1.79 bits per heavy atom. The lowest BCUT2D eigenvalue weighted by Gasteiger charge is -2.31. The molecule has 4 aromatic rings. The predicted octanol–water partition coefficient (Wildman–Crippen LogP) is 5.73. The van der Waals surface area contributed by atoms with E-state index in [-0.39, 0.29) is 11.5 Å². The Kier molecular flexibility index (Phi) is 5.19. The van der Waals surface area contributed by atoms with Crippen LogP contribution in [0.25, 0.3) is 22.0 Å². The minimum atomic E-state index is -4.59. The van der Waals surface area contributed by atoms with Gasteiger partial charge in [0.2, 0.25) is 0 Å². The molecule has 174 valence electrons. The van der Waals surface area contributed by atoms with Gasteiger partial charge in [0, 0.05) is 42.0 Å². The molecular formula is C26H23F3N4O. The third-order valence-corrected chi connectivity index (χ3v) is 6.38. The van der Waals surface area contributed by atoms with Crippen molar-refractivity contribution in [3.63, 3.8) is 0 Å². The zero-order valence-electron chi connectivity index (χ0n) is 19.1. The molecule has 34 heavy (non-hydrogen) atoms. The average molecular weight is 464 g/mol. The number of benzene rings is 2. The maximum Gasteiger partial charge on any atom is 0.435 e. The molecule has 2 aromatic carbocycles. The zero-order chi connectivity index (χ0) is 24.2. The molecule has 0 saturated carbocycles. The van der Waals surface area contributed by atoms with E-state index in [0.717, 1.165) is 39.0 Å². The zero-order valence-corrected chi connectivity index (χ0v) is 19.1. The van der Waals surface area contributed by atoms with Crippen molar-refractivity contribution in [2.24, 2.45) is 7.05 Å². The van der Waals surface area contributed by atoms with Gasteiger partial charge < -0.3 is 4.90 Å². The van der Waals surface area contributed by atoms with Gasteiger partial charge in [-0.3, -0.25) is 14.5 Å². The second-order valence-corrected chi connectivity index (χ2v) is 8.55. The summed E-state index contributed by atoms with van der Waals surface area (Å²) in [7, 11) is 1.46. The van der Waals surface area contributed by atoms with Crippen LogP contribution in [0.3, 0.4) is 0 Å². The van der Waals surface area contributed by atoms with Crippen molar-refractivity contribution < 1.29 is 18.0 Å². The molecule has 0 aliphatic carbocycles. The number of pyridine rings is 1. The molecule has 0 bridgehead atoms. The summed E-state index contributed by atoms with van der Waals surface area (Å²) in [5.41, 5.74) is 4.12. The largest absolute Gasteiger partial charge is 0.435 e. The van der Waals surface area contributed by atoms with Crippen LogP contribution in [-0.4, -0.2) is 27.2 Å². The Balaban J connectivity index is 1.61. The highest BCUT2D eigenvalue weighted by Crippen LogP contribution is 2.40. The Hall–Kier alpha value is -3.68. The molecule has 0 atom stereocenters. The number of nitrogens with zero attached hydrogens (tertiary/aromatic N) is 4. The lowest BCUT2D eigenvalue weighted by atomic mass is 9.90. The van der Waals surface area contributed by atoms with Crippen LogP contribution in [0, 0.1) is 6.92 Å². The minimum absolute atomic E-state index is 0.00909. The summed E-state index contributed by atoms with van der Waals surface area (Å²) in [6.07, 6.45) is -1.98. The summed E-state index contributed by atoms with van der Waals surface area (Å²) >= 11 is 0. The fourth-order valence-corrected chi connectivity index (χ4v) is 4.82. The SMILES string of the molecule is CCc1nc2cccc(N3CCc4c(cccc4-c4cn(C)nc4C(F)(F)F)C3=O)c2cc1C. The van der Waals surface area contributed by atoms with Crippen LogP contribution in [0.1, 0.15) is 39.8 Å².